The lowest BCUT2D eigenvalue weighted by Crippen LogP contribution is -2.39. The molecule has 0 radical (unpaired) electrons. The molecule has 0 aromatic rings. The fourth-order valence-corrected chi connectivity index (χ4v) is 2.66. The van der Waals surface area contributed by atoms with Crippen LogP contribution in [0.5, 0.6) is 0 Å². The largest absolute Gasteiger partial charge is 0.480 e. The molecule has 1 unspecified atom stereocenters. The smallest absolute Gasteiger partial charge is 0.324 e. The van der Waals surface area contributed by atoms with Crippen molar-refractivity contribution in [2.24, 2.45) is 11.3 Å². The number of hydrogen-bond donors (Lipinski definition) is 1. The van der Waals surface area contributed by atoms with Gasteiger partial charge >= 0.3 is 11.9 Å². The number of cyclic esters (lactones) is 1. The zero-order valence-electron chi connectivity index (χ0n) is 7.27. The van der Waals surface area contributed by atoms with Crippen LogP contribution in [0, 0.1) is 11.3 Å². The Morgan fingerprint density at radius 2 is 2.50 bits per heavy atom. The van der Waals surface area contributed by atoms with Crippen molar-refractivity contribution in [2.45, 2.75) is 12.5 Å². The first-order chi connectivity index (χ1) is 6.63. The summed E-state index contributed by atoms with van der Waals surface area (Å²) in [5, 5.41) is 9.58. The number of carboxylic acid groups (broad SMARTS) is 1. The van der Waals surface area contributed by atoms with E-state index >= 15 is 0 Å². The lowest BCUT2D eigenvalue weighted by Gasteiger charge is -2.19. The molecule has 0 amide bonds. The average molecular weight is 261 g/mol. The Bertz CT molecular complexity index is 325. The predicted molar refractivity (Wildman–Crippen MR) is 51.0 cm³/mol. The molecule has 0 bridgehead atoms. The molecular weight excluding hydrogens is 252 g/mol. The molecule has 1 aliphatic carbocycles. The third-order valence-electron chi connectivity index (χ3n) is 2.91. The van der Waals surface area contributed by atoms with Gasteiger partial charge in [-0.1, -0.05) is 28.1 Å². The monoisotopic (exact) mass is 260 g/mol. The predicted octanol–water partition coefficient (Wildman–Crippen LogP) is 0.954. The van der Waals surface area contributed by atoms with Gasteiger partial charge in [0, 0.05) is 11.2 Å². The number of carbonyl (C=O) groups excluding carboxylic acids is 1. The van der Waals surface area contributed by atoms with Crippen LogP contribution in [-0.2, 0) is 14.3 Å². The molecule has 0 saturated carbocycles. The number of esters is 1. The lowest BCUT2D eigenvalue weighted by molar-refractivity contribution is -0.161. The molecule has 2 aliphatic rings. The highest BCUT2D eigenvalue weighted by Crippen LogP contribution is 2.48. The lowest BCUT2D eigenvalue weighted by atomic mass is 9.77. The maximum Gasteiger partial charge on any atom is 0.324 e. The minimum Gasteiger partial charge on any atom is -0.480 e. The van der Waals surface area contributed by atoms with E-state index in [1.54, 1.807) is 12.2 Å². The second-order valence-corrected chi connectivity index (χ2v) is 4.18. The third kappa shape index (κ3) is 0.987. The van der Waals surface area contributed by atoms with Gasteiger partial charge in [0.2, 0.25) is 0 Å². The number of alkyl halides is 1. The number of allylic oxidation sites excluding steroid dienone is 1. The second kappa shape index (κ2) is 3.08. The maximum absolute atomic E-state index is 11.5. The fourth-order valence-electron chi connectivity index (χ4n) is 2.12. The van der Waals surface area contributed by atoms with Gasteiger partial charge < -0.3 is 9.84 Å². The molecule has 1 fully saturated rings. The summed E-state index contributed by atoms with van der Waals surface area (Å²) >= 11 is 3.21. The first-order valence-electron chi connectivity index (χ1n) is 4.30. The highest BCUT2D eigenvalue weighted by atomic mass is 79.9. The Morgan fingerprint density at radius 3 is 3.07 bits per heavy atom. The van der Waals surface area contributed by atoms with Crippen molar-refractivity contribution in [3.05, 3.63) is 12.2 Å². The van der Waals surface area contributed by atoms with Crippen molar-refractivity contribution in [1.82, 2.24) is 0 Å². The van der Waals surface area contributed by atoms with E-state index in [0.29, 0.717) is 5.33 Å². The molecule has 3 atom stereocenters. The molecule has 0 spiro atoms. The summed E-state index contributed by atoms with van der Waals surface area (Å²) in [5.41, 5.74) is -1.35. The van der Waals surface area contributed by atoms with Crippen molar-refractivity contribution in [1.29, 1.82) is 0 Å². The van der Waals surface area contributed by atoms with E-state index in [4.69, 9.17) is 9.84 Å². The Labute approximate surface area is 89.1 Å². The van der Waals surface area contributed by atoms with Crippen molar-refractivity contribution >= 4 is 27.9 Å². The van der Waals surface area contributed by atoms with Gasteiger partial charge in [-0.2, -0.15) is 0 Å². The Morgan fingerprint density at radius 1 is 1.79 bits per heavy atom. The van der Waals surface area contributed by atoms with E-state index in [1.165, 1.54) is 0 Å². The Kier molecular flexibility index (Phi) is 2.14. The van der Waals surface area contributed by atoms with Crippen molar-refractivity contribution < 1.29 is 19.4 Å². The van der Waals surface area contributed by atoms with E-state index in [1.807, 2.05) is 0 Å². The van der Waals surface area contributed by atoms with E-state index in [9.17, 15) is 9.59 Å². The zero-order chi connectivity index (χ0) is 10.3. The minimum absolute atomic E-state index is 0.245. The van der Waals surface area contributed by atoms with Gasteiger partial charge in [0.05, 0.1) is 0 Å². The zero-order valence-corrected chi connectivity index (χ0v) is 8.86. The van der Waals surface area contributed by atoms with Crippen molar-refractivity contribution in [3.8, 4) is 0 Å². The van der Waals surface area contributed by atoms with E-state index in [0.717, 1.165) is 0 Å². The molecule has 1 N–H and O–H groups in total. The summed E-state index contributed by atoms with van der Waals surface area (Å²) in [5.74, 6) is -2.02. The first kappa shape index (κ1) is 9.71. The molecule has 1 saturated heterocycles. The van der Waals surface area contributed by atoms with Crippen LogP contribution >= 0.6 is 15.9 Å². The van der Waals surface area contributed by atoms with Crippen molar-refractivity contribution in [2.75, 3.05) is 5.33 Å². The van der Waals surface area contributed by atoms with Gasteiger partial charge in [0.15, 0.2) is 5.41 Å². The van der Waals surface area contributed by atoms with Gasteiger partial charge in [-0.05, 0) is 6.42 Å². The van der Waals surface area contributed by atoms with Crippen LogP contribution in [0.15, 0.2) is 12.2 Å². The quantitative estimate of drug-likeness (QED) is 0.348. The second-order valence-electron chi connectivity index (χ2n) is 3.53. The molecular formula is C9H9BrO4. The summed E-state index contributed by atoms with van der Waals surface area (Å²) in [6, 6.07) is 0. The standard InChI is InChI=1S/C9H9BrO4/c10-4-6-5-2-1-3-9(5,7(11)12)8(13)14-6/h1-2,5-6H,3-4H2,(H,11,12)/t5-,6?,9-/m0/s1. The van der Waals surface area contributed by atoms with Gasteiger partial charge in [-0.3, -0.25) is 9.59 Å². The van der Waals surface area contributed by atoms with Crippen LogP contribution < -0.4 is 0 Å². The van der Waals surface area contributed by atoms with Gasteiger partial charge in [0.25, 0.3) is 0 Å². The average Bonchev–Trinajstić information content (AvgIpc) is 2.66. The summed E-state index contributed by atoms with van der Waals surface area (Å²) in [6.45, 7) is 0. The number of aliphatic carboxylic acids is 1. The highest BCUT2D eigenvalue weighted by molar-refractivity contribution is 9.09. The SMILES string of the molecule is O=C(O)[C@]12CC=C[C@H]1C(CBr)OC2=O. The number of rotatable bonds is 2. The fraction of sp³-hybridized carbons (Fsp3) is 0.556. The normalized spacial score (nSPS) is 39.6. The third-order valence-corrected chi connectivity index (χ3v) is 3.55. The Balaban J connectivity index is 2.41. The van der Waals surface area contributed by atoms with Gasteiger partial charge in [-0.15, -0.1) is 0 Å². The van der Waals surface area contributed by atoms with Gasteiger partial charge in [-0.25, -0.2) is 0 Å². The van der Waals surface area contributed by atoms with Crippen LogP contribution in [0.2, 0.25) is 0 Å². The number of fused-ring (bicyclic) bond motifs is 1. The molecule has 4 nitrogen and oxygen atoms in total. The van der Waals surface area contributed by atoms with Crippen molar-refractivity contribution in [3.63, 3.8) is 0 Å². The molecule has 5 heteroatoms. The number of carboxylic acids is 1. The highest BCUT2D eigenvalue weighted by Gasteiger charge is 2.62. The molecule has 1 aliphatic heterocycles. The van der Waals surface area contributed by atoms with Crippen LogP contribution in [0.4, 0.5) is 0 Å². The number of carbonyl (C=O) groups is 2. The topological polar surface area (TPSA) is 63.6 Å². The molecule has 0 aromatic heterocycles. The van der Waals surface area contributed by atoms with E-state index in [-0.39, 0.29) is 18.4 Å². The number of hydrogen-bond acceptors (Lipinski definition) is 3. The van der Waals surface area contributed by atoms with Crippen LogP contribution in [-0.4, -0.2) is 28.5 Å². The summed E-state index contributed by atoms with van der Waals surface area (Å²) < 4.78 is 5.02. The summed E-state index contributed by atoms with van der Waals surface area (Å²) in [4.78, 5) is 22.6. The van der Waals surface area contributed by atoms with E-state index < -0.39 is 17.4 Å². The molecule has 0 aromatic carbocycles. The van der Waals surface area contributed by atoms with Crippen LogP contribution in [0.1, 0.15) is 6.42 Å². The van der Waals surface area contributed by atoms with Crippen LogP contribution in [0.3, 0.4) is 0 Å². The molecule has 2 rings (SSSR count). The van der Waals surface area contributed by atoms with Gasteiger partial charge in [0.1, 0.15) is 6.10 Å². The first-order valence-corrected chi connectivity index (χ1v) is 5.42. The molecule has 14 heavy (non-hydrogen) atoms. The van der Waals surface area contributed by atoms with Crippen LogP contribution in [0.25, 0.3) is 0 Å². The number of ether oxygens (including phenoxy) is 1. The minimum atomic E-state index is -1.35. The molecule has 76 valence electrons. The summed E-state index contributed by atoms with van der Waals surface area (Å²) in [7, 11) is 0. The summed E-state index contributed by atoms with van der Waals surface area (Å²) in [6.07, 6.45) is 3.41. The Hall–Kier alpha value is -0.840. The maximum atomic E-state index is 11.5. The van der Waals surface area contributed by atoms with E-state index in [2.05, 4.69) is 15.9 Å². The number of halogens is 1. The molecule has 1 heterocycles.